The molecule has 0 aliphatic heterocycles. The molecule has 0 aliphatic carbocycles. The molecule has 0 saturated heterocycles. The van der Waals surface area contributed by atoms with E-state index >= 15 is 0 Å². The summed E-state index contributed by atoms with van der Waals surface area (Å²) in [6.07, 6.45) is 0. The molecule has 0 unspecified atom stereocenters. The number of carbonyl (C=O) groups excluding carboxylic acids is 2. The van der Waals surface area contributed by atoms with Gasteiger partial charge in [0.15, 0.2) is 23.1 Å². The van der Waals surface area contributed by atoms with E-state index in [-0.39, 0.29) is 24.7 Å². The molecule has 2 aromatic carbocycles. The predicted octanol–water partition coefficient (Wildman–Crippen LogP) is 2.24. The topological polar surface area (TPSA) is 77.1 Å². The zero-order valence-corrected chi connectivity index (χ0v) is 16.2. The third-order valence-electron chi connectivity index (χ3n) is 4.11. The minimum absolute atomic E-state index is 0.139. The molecular formula is C20H23FN2O5. The first-order valence-corrected chi connectivity index (χ1v) is 8.46. The van der Waals surface area contributed by atoms with Crippen LogP contribution in [0.3, 0.4) is 0 Å². The zero-order valence-electron chi connectivity index (χ0n) is 16.2. The minimum atomic E-state index is -0.498. The molecule has 2 rings (SSSR count). The highest BCUT2D eigenvalue weighted by molar-refractivity contribution is 5.97. The van der Waals surface area contributed by atoms with Crippen molar-refractivity contribution in [2.24, 2.45) is 0 Å². The molecule has 1 N–H and O–H groups in total. The number of nitrogens with zero attached hydrogens (tertiary/aromatic N) is 1. The lowest BCUT2D eigenvalue weighted by atomic mass is 10.2. The number of amides is 2. The first-order chi connectivity index (χ1) is 13.4. The zero-order chi connectivity index (χ0) is 20.7. The molecule has 0 radical (unpaired) electrons. The first-order valence-electron chi connectivity index (χ1n) is 8.46. The summed E-state index contributed by atoms with van der Waals surface area (Å²) in [6.45, 7) is 0.00823. The van der Waals surface area contributed by atoms with E-state index < -0.39 is 11.7 Å². The molecule has 2 aromatic rings. The molecule has 0 spiro atoms. The molecule has 0 heterocycles. The van der Waals surface area contributed by atoms with Crippen molar-refractivity contribution in [3.63, 3.8) is 0 Å². The number of hydrogen-bond acceptors (Lipinski definition) is 5. The maximum Gasteiger partial charge on any atom is 0.251 e. The van der Waals surface area contributed by atoms with Gasteiger partial charge in [-0.1, -0.05) is 6.07 Å². The molecule has 7 nitrogen and oxygen atoms in total. The van der Waals surface area contributed by atoms with Crippen molar-refractivity contribution < 1.29 is 28.2 Å². The van der Waals surface area contributed by atoms with Gasteiger partial charge >= 0.3 is 0 Å². The highest BCUT2D eigenvalue weighted by Gasteiger charge is 2.15. The molecule has 0 atom stereocenters. The number of benzene rings is 2. The van der Waals surface area contributed by atoms with Gasteiger partial charge in [-0.25, -0.2) is 4.39 Å². The minimum Gasteiger partial charge on any atom is -0.494 e. The summed E-state index contributed by atoms with van der Waals surface area (Å²) < 4.78 is 28.9. The number of nitrogens with one attached hydrogen (secondary N) is 1. The number of methoxy groups -OCH3 is 3. The number of halogens is 1. The van der Waals surface area contributed by atoms with E-state index in [0.717, 1.165) is 0 Å². The Hall–Kier alpha value is -3.29. The Morgan fingerprint density at radius 3 is 2.21 bits per heavy atom. The average Bonchev–Trinajstić information content (AvgIpc) is 2.71. The predicted molar refractivity (Wildman–Crippen MR) is 101 cm³/mol. The van der Waals surface area contributed by atoms with Crippen LogP contribution < -0.4 is 19.5 Å². The molecule has 0 fully saturated rings. The van der Waals surface area contributed by atoms with Gasteiger partial charge < -0.3 is 24.4 Å². The number of carbonyl (C=O) groups is 2. The van der Waals surface area contributed by atoms with Crippen molar-refractivity contribution in [1.82, 2.24) is 10.2 Å². The number of likely N-dealkylation sites (N-methyl/N-ethyl adjacent to an activating group) is 1. The fourth-order valence-corrected chi connectivity index (χ4v) is 2.54. The monoisotopic (exact) mass is 390 g/mol. The molecule has 0 aliphatic rings. The molecule has 0 aromatic heterocycles. The summed E-state index contributed by atoms with van der Waals surface area (Å²) in [5.41, 5.74) is 0.950. The first kappa shape index (κ1) is 21.0. The normalized spacial score (nSPS) is 10.2. The van der Waals surface area contributed by atoms with Crippen molar-refractivity contribution >= 4 is 11.8 Å². The maximum atomic E-state index is 13.8. The van der Waals surface area contributed by atoms with Gasteiger partial charge in [-0.05, 0) is 35.9 Å². The quantitative estimate of drug-likeness (QED) is 0.748. The lowest BCUT2D eigenvalue weighted by Crippen LogP contribution is -2.37. The van der Waals surface area contributed by atoms with E-state index in [1.807, 2.05) is 0 Å². The molecule has 8 heteroatoms. The molecular weight excluding hydrogens is 367 g/mol. The van der Waals surface area contributed by atoms with E-state index in [1.165, 1.54) is 44.4 Å². The van der Waals surface area contributed by atoms with Crippen molar-refractivity contribution in [3.05, 3.63) is 53.3 Å². The van der Waals surface area contributed by atoms with Crippen LogP contribution in [0.4, 0.5) is 4.39 Å². The van der Waals surface area contributed by atoms with E-state index in [0.29, 0.717) is 22.6 Å². The Labute approximate surface area is 163 Å². The van der Waals surface area contributed by atoms with Crippen LogP contribution in [0.15, 0.2) is 36.4 Å². The van der Waals surface area contributed by atoms with Gasteiger partial charge in [-0.3, -0.25) is 9.59 Å². The SMILES string of the molecule is COc1ccc(CN(C)C(=O)CNC(=O)c2ccc(OC)c(OC)c2)cc1F. The summed E-state index contributed by atoms with van der Waals surface area (Å²) in [4.78, 5) is 25.9. The van der Waals surface area contributed by atoms with Crippen LogP contribution >= 0.6 is 0 Å². The highest BCUT2D eigenvalue weighted by atomic mass is 19.1. The summed E-state index contributed by atoms with van der Waals surface area (Å²) in [7, 11) is 5.93. The van der Waals surface area contributed by atoms with Crippen molar-refractivity contribution in [2.45, 2.75) is 6.54 Å². The second-order valence-corrected chi connectivity index (χ2v) is 5.97. The number of rotatable bonds is 8. The summed E-state index contributed by atoms with van der Waals surface area (Å²) in [5.74, 6) is -0.174. The second-order valence-electron chi connectivity index (χ2n) is 5.97. The standard InChI is InChI=1S/C20H23FN2O5/c1-23(12-13-5-7-16(26-2)15(21)9-13)19(24)11-22-20(25)14-6-8-17(27-3)18(10-14)28-4/h5-10H,11-12H2,1-4H3,(H,22,25). The molecule has 0 saturated carbocycles. The van der Waals surface area contributed by atoms with Crippen molar-refractivity contribution in [3.8, 4) is 17.2 Å². The maximum absolute atomic E-state index is 13.8. The molecule has 2 amide bonds. The van der Waals surface area contributed by atoms with E-state index in [4.69, 9.17) is 14.2 Å². The van der Waals surface area contributed by atoms with E-state index in [9.17, 15) is 14.0 Å². The average molecular weight is 390 g/mol. The van der Waals surface area contributed by atoms with Crippen LogP contribution in [-0.4, -0.2) is 51.6 Å². The smallest absolute Gasteiger partial charge is 0.251 e. The molecule has 150 valence electrons. The number of ether oxygens (including phenoxy) is 3. The molecule has 28 heavy (non-hydrogen) atoms. The van der Waals surface area contributed by atoms with E-state index in [1.54, 1.807) is 25.2 Å². The Morgan fingerprint density at radius 2 is 1.61 bits per heavy atom. The summed E-state index contributed by atoms with van der Waals surface area (Å²) >= 11 is 0. The fraction of sp³-hybridized carbons (Fsp3) is 0.300. The van der Waals surface area contributed by atoms with Gasteiger partial charge in [-0.15, -0.1) is 0 Å². The van der Waals surface area contributed by atoms with Crippen LogP contribution in [0, 0.1) is 5.82 Å². The fourth-order valence-electron chi connectivity index (χ4n) is 2.54. The van der Waals surface area contributed by atoms with Gasteiger partial charge in [0.05, 0.1) is 27.9 Å². The van der Waals surface area contributed by atoms with Crippen molar-refractivity contribution in [1.29, 1.82) is 0 Å². The van der Waals surface area contributed by atoms with Crippen LogP contribution in [0.25, 0.3) is 0 Å². The van der Waals surface area contributed by atoms with Crippen LogP contribution in [0.2, 0.25) is 0 Å². The number of hydrogen-bond donors (Lipinski definition) is 1. The van der Waals surface area contributed by atoms with Gasteiger partial charge in [0.2, 0.25) is 5.91 Å². The third kappa shape index (κ3) is 5.12. The second kappa shape index (κ2) is 9.59. The summed E-state index contributed by atoms with van der Waals surface area (Å²) in [6, 6.07) is 9.20. The molecule has 0 bridgehead atoms. The van der Waals surface area contributed by atoms with Crippen LogP contribution in [-0.2, 0) is 11.3 Å². The van der Waals surface area contributed by atoms with Crippen LogP contribution in [0.5, 0.6) is 17.2 Å². The van der Waals surface area contributed by atoms with Crippen LogP contribution in [0.1, 0.15) is 15.9 Å². The Kier molecular flexibility index (Phi) is 7.20. The van der Waals surface area contributed by atoms with E-state index in [2.05, 4.69) is 5.32 Å². The Bertz CT molecular complexity index is 856. The Morgan fingerprint density at radius 1 is 0.964 bits per heavy atom. The third-order valence-corrected chi connectivity index (χ3v) is 4.11. The van der Waals surface area contributed by atoms with Crippen molar-refractivity contribution in [2.75, 3.05) is 34.9 Å². The van der Waals surface area contributed by atoms with Gasteiger partial charge in [-0.2, -0.15) is 0 Å². The highest BCUT2D eigenvalue weighted by Crippen LogP contribution is 2.27. The van der Waals surface area contributed by atoms with Gasteiger partial charge in [0, 0.05) is 19.2 Å². The lowest BCUT2D eigenvalue weighted by molar-refractivity contribution is -0.129. The Balaban J connectivity index is 1.93. The van der Waals surface area contributed by atoms with Gasteiger partial charge in [0.1, 0.15) is 0 Å². The summed E-state index contributed by atoms with van der Waals surface area (Å²) in [5, 5.41) is 2.56. The lowest BCUT2D eigenvalue weighted by Gasteiger charge is -2.18. The van der Waals surface area contributed by atoms with Gasteiger partial charge in [0.25, 0.3) is 5.91 Å². The largest absolute Gasteiger partial charge is 0.494 e.